The van der Waals surface area contributed by atoms with Crippen LogP contribution in [0.4, 0.5) is 11.4 Å². The summed E-state index contributed by atoms with van der Waals surface area (Å²) in [5.41, 5.74) is 4.99. The molecule has 0 saturated carbocycles. The van der Waals surface area contributed by atoms with Crippen LogP contribution in [0.25, 0.3) is 22.2 Å². The Bertz CT molecular complexity index is 1130. The van der Waals surface area contributed by atoms with Gasteiger partial charge in [-0.3, -0.25) is 4.79 Å². The zero-order chi connectivity index (χ0) is 19.6. The maximum Gasteiger partial charge on any atom is 0.257 e. The summed E-state index contributed by atoms with van der Waals surface area (Å²) in [4.78, 5) is 22.5. The predicted octanol–water partition coefficient (Wildman–Crippen LogP) is 3.91. The molecule has 0 bridgehead atoms. The van der Waals surface area contributed by atoms with Crippen LogP contribution in [0.2, 0.25) is 0 Å². The molecule has 7 nitrogen and oxygen atoms in total. The number of carbonyl (C=O) groups is 1. The molecule has 3 aromatic heterocycles. The van der Waals surface area contributed by atoms with Gasteiger partial charge in [-0.2, -0.15) is 0 Å². The number of ether oxygens (including phenoxy) is 1. The Morgan fingerprint density at radius 2 is 1.97 bits per heavy atom. The van der Waals surface area contributed by atoms with E-state index in [0.717, 1.165) is 59.8 Å². The number of carbonyl (C=O) groups excluding carboxylic acids is 1. The first-order valence-electron chi connectivity index (χ1n) is 9.52. The third-order valence-corrected chi connectivity index (χ3v) is 5.13. The van der Waals surface area contributed by atoms with Crippen molar-refractivity contribution in [1.82, 2.24) is 9.97 Å². The molecule has 29 heavy (non-hydrogen) atoms. The van der Waals surface area contributed by atoms with Crippen molar-refractivity contribution >= 4 is 28.3 Å². The molecule has 1 aromatic carbocycles. The minimum absolute atomic E-state index is 0.196. The number of aromatic amines is 1. The van der Waals surface area contributed by atoms with Crippen LogP contribution in [0.1, 0.15) is 10.4 Å². The molecule has 0 aliphatic carbocycles. The Hall–Kier alpha value is -3.58. The maximum absolute atomic E-state index is 12.8. The van der Waals surface area contributed by atoms with Gasteiger partial charge in [0.15, 0.2) is 0 Å². The number of aromatic nitrogens is 2. The Labute approximate surface area is 167 Å². The van der Waals surface area contributed by atoms with E-state index in [-0.39, 0.29) is 5.91 Å². The highest BCUT2D eigenvalue weighted by atomic mass is 16.5. The molecule has 2 N–H and O–H groups in total. The molecular weight excluding hydrogens is 368 g/mol. The average molecular weight is 388 g/mol. The fourth-order valence-electron chi connectivity index (χ4n) is 3.56. The molecule has 1 aliphatic rings. The quantitative estimate of drug-likeness (QED) is 0.554. The average Bonchev–Trinajstić information content (AvgIpc) is 3.44. The Morgan fingerprint density at radius 1 is 1.14 bits per heavy atom. The number of nitrogens with one attached hydrogen (secondary N) is 2. The molecule has 0 atom stereocenters. The number of furan rings is 1. The van der Waals surface area contributed by atoms with Crippen LogP contribution >= 0.6 is 0 Å². The normalized spacial score (nSPS) is 14.3. The first kappa shape index (κ1) is 17.5. The zero-order valence-corrected chi connectivity index (χ0v) is 15.7. The minimum Gasteiger partial charge on any atom is -0.472 e. The van der Waals surface area contributed by atoms with Crippen LogP contribution in [0.3, 0.4) is 0 Å². The maximum atomic E-state index is 12.8. The van der Waals surface area contributed by atoms with E-state index < -0.39 is 0 Å². The van der Waals surface area contributed by atoms with Gasteiger partial charge in [-0.25, -0.2) is 4.98 Å². The molecule has 4 heterocycles. The van der Waals surface area contributed by atoms with Gasteiger partial charge in [0, 0.05) is 53.4 Å². The van der Waals surface area contributed by atoms with E-state index in [4.69, 9.17) is 9.15 Å². The topological polar surface area (TPSA) is 83.4 Å². The van der Waals surface area contributed by atoms with E-state index in [9.17, 15) is 4.79 Å². The lowest BCUT2D eigenvalue weighted by Gasteiger charge is -2.28. The number of morpholine rings is 1. The lowest BCUT2D eigenvalue weighted by molar-refractivity contribution is 0.102. The van der Waals surface area contributed by atoms with Crippen molar-refractivity contribution in [3.63, 3.8) is 0 Å². The van der Waals surface area contributed by atoms with Crippen molar-refractivity contribution in [2.24, 2.45) is 0 Å². The number of H-pyrrole nitrogens is 1. The summed E-state index contributed by atoms with van der Waals surface area (Å²) in [5.74, 6) is -0.196. The van der Waals surface area contributed by atoms with Gasteiger partial charge in [0.05, 0.1) is 31.3 Å². The van der Waals surface area contributed by atoms with Gasteiger partial charge in [0.2, 0.25) is 0 Å². The van der Waals surface area contributed by atoms with Crippen LogP contribution < -0.4 is 10.2 Å². The number of nitrogens with zero attached hydrogens (tertiary/aromatic N) is 2. The molecule has 5 rings (SSSR count). The third kappa shape index (κ3) is 3.48. The SMILES string of the molecule is O=C(Nc1ccc(N2CCOCC2)cc1)c1cnc2[nH]cc(-c3ccoc3)c2c1. The Balaban J connectivity index is 1.35. The van der Waals surface area contributed by atoms with Crippen LogP contribution in [0.15, 0.2) is 65.7 Å². The summed E-state index contributed by atoms with van der Waals surface area (Å²) >= 11 is 0. The molecular formula is C22H20N4O3. The van der Waals surface area contributed by atoms with E-state index in [0.29, 0.717) is 5.56 Å². The van der Waals surface area contributed by atoms with Crippen LogP contribution in [0.5, 0.6) is 0 Å². The standard InChI is InChI=1S/C22H20N4O3/c27-22(25-17-1-3-18(4-2-17)26-6-9-28-10-7-26)16-11-19-20(15-5-8-29-14-15)13-24-21(19)23-12-16/h1-5,8,11-14H,6-7,9-10H2,(H,23,24)(H,25,27). The van der Waals surface area contributed by atoms with Crippen molar-refractivity contribution in [2.45, 2.75) is 0 Å². The Morgan fingerprint density at radius 3 is 2.72 bits per heavy atom. The lowest BCUT2D eigenvalue weighted by Crippen LogP contribution is -2.36. The van der Waals surface area contributed by atoms with Crippen molar-refractivity contribution in [3.8, 4) is 11.1 Å². The van der Waals surface area contributed by atoms with Crippen molar-refractivity contribution in [2.75, 3.05) is 36.5 Å². The number of rotatable bonds is 4. The van der Waals surface area contributed by atoms with Crippen LogP contribution in [0, 0.1) is 0 Å². The van der Waals surface area contributed by atoms with Gasteiger partial charge in [-0.15, -0.1) is 0 Å². The summed E-state index contributed by atoms with van der Waals surface area (Å²) in [6.45, 7) is 3.25. The number of benzene rings is 1. The van der Waals surface area contributed by atoms with E-state index in [1.54, 1.807) is 18.7 Å². The zero-order valence-electron chi connectivity index (χ0n) is 15.7. The molecule has 7 heteroatoms. The molecule has 146 valence electrons. The van der Waals surface area contributed by atoms with Crippen LogP contribution in [-0.2, 0) is 4.74 Å². The highest BCUT2D eigenvalue weighted by Gasteiger charge is 2.14. The van der Waals surface area contributed by atoms with Crippen molar-refractivity contribution in [1.29, 1.82) is 0 Å². The van der Waals surface area contributed by atoms with Crippen molar-refractivity contribution < 1.29 is 13.9 Å². The molecule has 0 radical (unpaired) electrons. The van der Waals surface area contributed by atoms with Gasteiger partial charge in [0.1, 0.15) is 5.65 Å². The van der Waals surface area contributed by atoms with Crippen molar-refractivity contribution in [3.05, 3.63) is 66.9 Å². The fourth-order valence-corrected chi connectivity index (χ4v) is 3.56. The first-order valence-corrected chi connectivity index (χ1v) is 9.52. The van der Waals surface area contributed by atoms with Gasteiger partial charge in [0.25, 0.3) is 5.91 Å². The number of pyridine rings is 1. The smallest absolute Gasteiger partial charge is 0.257 e. The van der Waals surface area contributed by atoms with Gasteiger partial charge in [-0.05, 0) is 36.4 Å². The number of fused-ring (bicyclic) bond motifs is 1. The predicted molar refractivity (Wildman–Crippen MR) is 111 cm³/mol. The summed E-state index contributed by atoms with van der Waals surface area (Å²) in [6, 6.07) is 11.6. The summed E-state index contributed by atoms with van der Waals surface area (Å²) in [5, 5.41) is 3.83. The lowest BCUT2D eigenvalue weighted by atomic mass is 10.1. The molecule has 1 amide bonds. The first-order chi connectivity index (χ1) is 14.3. The summed E-state index contributed by atoms with van der Waals surface area (Å²) < 4.78 is 10.6. The second kappa shape index (κ2) is 7.44. The number of amides is 1. The molecule has 0 spiro atoms. The molecule has 1 saturated heterocycles. The molecule has 1 aliphatic heterocycles. The molecule has 4 aromatic rings. The van der Waals surface area contributed by atoms with E-state index >= 15 is 0 Å². The summed E-state index contributed by atoms with van der Waals surface area (Å²) in [6.07, 6.45) is 6.74. The fraction of sp³-hybridized carbons (Fsp3) is 0.182. The number of hydrogen-bond acceptors (Lipinski definition) is 5. The monoisotopic (exact) mass is 388 g/mol. The van der Waals surface area contributed by atoms with E-state index in [2.05, 4.69) is 20.2 Å². The van der Waals surface area contributed by atoms with Gasteiger partial charge < -0.3 is 24.4 Å². The van der Waals surface area contributed by atoms with Gasteiger partial charge >= 0.3 is 0 Å². The third-order valence-electron chi connectivity index (χ3n) is 5.13. The Kier molecular flexibility index (Phi) is 4.50. The molecule has 0 unspecified atom stereocenters. The highest BCUT2D eigenvalue weighted by Crippen LogP contribution is 2.28. The van der Waals surface area contributed by atoms with Crippen LogP contribution in [-0.4, -0.2) is 42.2 Å². The number of anilines is 2. The molecule has 1 fully saturated rings. The second-order valence-corrected chi connectivity index (χ2v) is 6.93. The van der Waals surface area contributed by atoms with Gasteiger partial charge in [-0.1, -0.05) is 0 Å². The summed E-state index contributed by atoms with van der Waals surface area (Å²) in [7, 11) is 0. The highest BCUT2D eigenvalue weighted by molar-refractivity contribution is 6.07. The second-order valence-electron chi connectivity index (χ2n) is 6.93. The largest absolute Gasteiger partial charge is 0.472 e. The minimum atomic E-state index is -0.196. The van der Waals surface area contributed by atoms with E-state index in [1.807, 2.05) is 42.6 Å². The van der Waals surface area contributed by atoms with E-state index in [1.165, 1.54) is 0 Å². The number of hydrogen-bond donors (Lipinski definition) is 2.